The highest BCUT2D eigenvalue weighted by atomic mass is 32.2. The number of fused-ring (bicyclic) bond motifs is 1. The minimum atomic E-state index is 0.298. The zero-order valence-corrected chi connectivity index (χ0v) is 15.7. The second kappa shape index (κ2) is 6.60. The Labute approximate surface area is 153 Å². The molecule has 1 aliphatic heterocycles. The molecular weight excluding hydrogens is 332 g/mol. The van der Waals surface area contributed by atoms with Crippen LogP contribution < -0.4 is 0 Å². The van der Waals surface area contributed by atoms with E-state index in [1.54, 1.807) is 11.8 Å². The highest BCUT2D eigenvalue weighted by molar-refractivity contribution is 7.99. The van der Waals surface area contributed by atoms with Gasteiger partial charge in [0.2, 0.25) is 5.91 Å². The Balaban J connectivity index is 1.21. The lowest BCUT2D eigenvalue weighted by Crippen LogP contribution is -2.45. The van der Waals surface area contributed by atoms with E-state index in [-0.39, 0.29) is 0 Å². The summed E-state index contributed by atoms with van der Waals surface area (Å²) in [6.45, 7) is 1.95. The molecule has 0 unspecified atom stereocenters. The van der Waals surface area contributed by atoms with Crippen LogP contribution in [-0.2, 0) is 4.79 Å². The fourth-order valence-corrected chi connectivity index (χ4v) is 5.64. The Kier molecular flexibility index (Phi) is 4.27. The van der Waals surface area contributed by atoms with Gasteiger partial charge < -0.3 is 9.47 Å². The van der Waals surface area contributed by atoms with Crippen molar-refractivity contribution in [3.05, 3.63) is 5.82 Å². The highest BCUT2D eigenvalue weighted by Crippen LogP contribution is 2.46. The van der Waals surface area contributed by atoms with Crippen LogP contribution in [0.15, 0.2) is 5.16 Å². The van der Waals surface area contributed by atoms with Crippen molar-refractivity contribution in [1.29, 1.82) is 0 Å². The largest absolute Gasteiger partial charge is 0.342 e. The van der Waals surface area contributed by atoms with Gasteiger partial charge >= 0.3 is 0 Å². The van der Waals surface area contributed by atoms with Crippen LogP contribution >= 0.6 is 11.8 Å². The molecule has 0 bridgehead atoms. The number of aromatic nitrogens is 3. The summed E-state index contributed by atoms with van der Waals surface area (Å²) < 4.78 is 2.35. The number of rotatable bonds is 5. The standard InChI is InChI=1S/C19H28N4OS/c24-17(22-10-9-13-3-1-2-4-15(13)11-22)12-25-19-21-20-18(14-5-6-14)23(19)16-7-8-16/h13-16H,1-12H2/t13-,15-/m0/s1. The van der Waals surface area contributed by atoms with Crippen molar-refractivity contribution in [3.8, 4) is 0 Å². The predicted octanol–water partition coefficient (Wildman–Crippen LogP) is 3.62. The minimum Gasteiger partial charge on any atom is -0.342 e. The SMILES string of the molecule is O=C(CSc1nnc(C2CC2)n1C1CC1)N1CC[C@@H]2CCCC[C@H]2C1. The van der Waals surface area contributed by atoms with Crippen molar-refractivity contribution in [2.45, 2.75) is 74.9 Å². The van der Waals surface area contributed by atoms with Gasteiger partial charge in [-0.1, -0.05) is 31.0 Å². The summed E-state index contributed by atoms with van der Waals surface area (Å²) in [5, 5.41) is 9.85. The average Bonchev–Trinajstić information content (AvgIpc) is 3.58. The Morgan fingerprint density at radius 2 is 1.80 bits per heavy atom. The molecule has 5 rings (SSSR count). The fourth-order valence-electron chi connectivity index (χ4n) is 4.73. The molecule has 1 saturated heterocycles. The molecule has 2 atom stereocenters. The monoisotopic (exact) mass is 360 g/mol. The minimum absolute atomic E-state index is 0.298. The lowest BCUT2D eigenvalue weighted by molar-refractivity contribution is -0.131. The maximum Gasteiger partial charge on any atom is 0.233 e. The van der Waals surface area contributed by atoms with Crippen LogP contribution in [0.4, 0.5) is 0 Å². The first-order chi connectivity index (χ1) is 12.3. The van der Waals surface area contributed by atoms with Gasteiger partial charge in [-0.15, -0.1) is 10.2 Å². The van der Waals surface area contributed by atoms with E-state index in [1.165, 1.54) is 63.6 Å². The molecule has 1 amide bonds. The molecule has 4 fully saturated rings. The second-order valence-electron chi connectivity index (χ2n) is 8.44. The van der Waals surface area contributed by atoms with Gasteiger partial charge in [0.05, 0.1) is 5.75 Å². The fraction of sp³-hybridized carbons (Fsp3) is 0.842. The van der Waals surface area contributed by atoms with Crippen molar-refractivity contribution in [2.75, 3.05) is 18.8 Å². The molecule has 5 nitrogen and oxygen atoms in total. The molecule has 0 aromatic carbocycles. The summed E-state index contributed by atoms with van der Waals surface area (Å²) in [4.78, 5) is 14.9. The maximum atomic E-state index is 12.7. The lowest BCUT2D eigenvalue weighted by Gasteiger charge is -2.41. The number of piperidine rings is 1. The number of carbonyl (C=O) groups is 1. The molecule has 4 aliphatic rings. The third-order valence-corrected chi connectivity index (χ3v) is 7.44. The summed E-state index contributed by atoms with van der Waals surface area (Å²) >= 11 is 1.61. The van der Waals surface area contributed by atoms with Gasteiger partial charge in [-0.2, -0.15) is 0 Å². The molecule has 1 aromatic rings. The zero-order valence-electron chi connectivity index (χ0n) is 14.9. The zero-order chi connectivity index (χ0) is 16.8. The maximum absolute atomic E-state index is 12.7. The third-order valence-electron chi connectivity index (χ3n) is 6.51. The number of nitrogens with zero attached hydrogens (tertiary/aromatic N) is 4. The number of amides is 1. The first-order valence-corrected chi connectivity index (χ1v) is 11.1. The van der Waals surface area contributed by atoms with Gasteiger partial charge in [0.1, 0.15) is 5.82 Å². The smallest absolute Gasteiger partial charge is 0.233 e. The van der Waals surface area contributed by atoms with Crippen molar-refractivity contribution >= 4 is 17.7 Å². The summed E-state index contributed by atoms with van der Waals surface area (Å²) in [5.74, 6) is 4.27. The quantitative estimate of drug-likeness (QED) is 0.753. The molecule has 1 aromatic heterocycles. The Morgan fingerprint density at radius 3 is 2.56 bits per heavy atom. The molecule has 3 saturated carbocycles. The number of carbonyl (C=O) groups excluding carboxylic acids is 1. The topological polar surface area (TPSA) is 51.0 Å². The van der Waals surface area contributed by atoms with Crippen molar-refractivity contribution in [1.82, 2.24) is 19.7 Å². The Bertz CT molecular complexity index is 652. The van der Waals surface area contributed by atoms with Gasteiger partial charge in [0, 0.05) is 25.0 Å². The molecule has 136 valence electrons. The predicted molar refractivity (Wildman–Crippen MR) is 97.6 cm³/mol. The van der Waals surface area contributed by atoms with E-state index in [0.717, 1.165) is 30.1 Å². The average molecular weight is 361 g/mol. The molecule has 0 spiro atoms. The van der Waals surface area contributed by atoms with Gasteiger partial charge in [-0.05, 0) is 50.4 Å². The van der Waals surface area contributed by atoms with Crippen LogP contribution in [0.2, 0.25) is 0 Å². The van der Waals surface area contributed by atoms with Gasteiger partial charge in [-0.25, -0.2) is 0 Å². The number of likely N-dealkylation sites (tertiary alicyclic amines) is 1. The Hall–Kier alpha value is -1.04. The van der Waals surface area contributed by atoms with Crippen LogP contribution in [0.3, 0.4) is 0 Å². The third kappa shape index (κ3) is 3.34. The van der Waals surface area contributed by atoms with E-state index in [4.69, 9.17) is 0 Å². The van der Waals surface area contributed by atoms with Gasteiger partial charge in [-0.3, -0.25) is 4.79 Å². The molecule has 6 heteroatoms. The molecule has 2 heterocycles. The summed E-state index contributed by atoms with van der Waals surface area (Å²) in [7, 11) is 0. The number of hydrogen-bond donors (Lipinski definition) is 0. The first-order valence-electron chi connectivity index (χ1n) is 10.1. The van der Waals surface area contributed by atoms with Crippen LogP contribution in [0.25, 0.3) is 0 Å². The van der Waals surface area contributed by atoms with Crippen LogP contribution in [0, 0.1) is 11.8 Å². The summed E-state index contributed by atoms with van der Waals surface area (Å²) in [6.07, 6.45) is 11.7. The van der Waals surface area contributed by atoms with Gasteiger partial charge in [0.25, 0.3) is 0 Å². The van der Waals surface area contributed by atoms with Crippen molar-refractivity contribution < 1.29 is 4.79 Å². The van der Waals surface area contributed by atoms with Gasteiger partial charge in [0.15, 0.2) is 5.16 Å². The number of thioether (sulfide) groups is 1. The first kappa shape index (κ1) is 16.2. The van der Waals surface area contributed by atoms with Crippen molar-refractivity contribution in [3.63, 3.8) is 0 Å². The lowest BCUT2D eigenvalue weighted by atomic mass is 9.75. The van der Waals surface area contributed by atoms with E-state index in [9.17, 15) is 4.79 Å². The van der Waals surface area contributed by atoms with Crippen LogP contribution in [0.5, 0.6) is 0 Å². The molecular formula is C19H28N4OS. The normalized spacial score (nSPS) is 29.5. The van der Waals surface area contributed by atoms with E-state index in [2.05, 4.69) is 19.7 Å². The second-order valence-corrected chi connectivity index (χ2v) is 9.38. The Morgan fingerprint density at radius 1 is 1.00 bits per heavy atom. The van der Waals surface area contributed by atoms with Crippen LogP contribution in [0.1, 0.15) is 75.6 Å². The molecule has 0 radical (unpaired) electrons. The van der Waals surface area contributed by atoms with Crippen LogP contribution in [-0.4, -0.2) is 44.4 Å². The highest BCUT2D eigenvalue weighted by Gasteiger charge is 2.37. The molecule has 0 N–H and O–H groups in total. The van der Waals surface area contributed by atoms with E-state index >= 15 is 0 Å². The summed E-state index contributed by atoms with van der Waals surface area (Å²) in [5.41, 5.74) is 0. The van der Waals surface area contributed by atoms with Crippen molar-refractivity contribution in [2.24, 2.45) is 11.8 Å². The molecule has 3 aliphatic carbocycles. The molecule has 25 heavy (non-hydrogen) atoms. The van der Waals surface area contributed by atoms with E-state index in [1.807, 2.05) is 0 Å². The summed E-state index contributed by atoms with van der Waals surface area (Å²) in [6, 6.07) is 0.598. The van der Waals surface area contributed by atoms with E-state index in [0.29, 0.717) is 23.6 Å². The van der Waals surface area contributed by atoms with E-state index < -0.39 is 0 Å². The number of hydrogen-bond acceptors (Lipinski definition) is 4.